The van der Waals surface area contributed by atoms with Crippen LogP contribution < -0.4 is 4.74 Å². The second-order valence-electron chi connectivity index (χ2n) is 7.77. The number of benzene rings is 2. The van der Waals surface area contributed by atoms with Crippen molar-refractivity contribution in [3.8, 4) is 5.75 Å². The van der Waals surface area contributed by atoms with Gasteiger partial charge in [0.2, 0.25) is 0 Å². The van der Waals surface area contributed by atoms with Gasteiger partial charge in [-0.3, -0.25) is 9.59 Å². The fourth-order valence-corrected chi connectivity index (χ4v) is 4.68. The number of carbonyl (C=O) groups is 2. The average Bonchev–Trinajstić information content (AvgIpc) is 3.37. The molecule has 0 spiro atoms. The highest BCUT2D eigenvalue weighted by atomic mass is 35.5. The lowest BCUT2D eigenvalue weighted by atomic mass is 9.94. The molecule has 1 heterocycles. The zero-order valence-electron chi connectivity index (χ0n) is 17.1. The zero-order valence-corrected chi connectivity index (χ0v) is 17.9. The molecule has 1 atom stereocenters. The Hall–Kier alpha value is -2.86. The fourth-order valence-electron chi connectivity index (χ4n) is 4.47. The molecule has 1 unspecified atom stereocenters. The fraction of sp³-hybridized carbons (Fsp3) is 0.333. The minimum atomic E-state index is -0.810. The van der Waals surface area contributed by atoms with Crippen LogP contribution in [0.4, 0.5) is 4.39 Å². The summed E-state index contributed by atoms with van der Waals surface area (Å²) < 4.78 is 19.1. The van der Waals surface area contributed by atoms with Crippen LogP contribution in [0.5, 0.6) is 5.75 Å². The van der Waals surface area contributed by atoms with Crippen molar-refractivity contribution in [3.63, 3.8) is 0 Å². The van der Waals surface area contributed by atoms with Gasteiger partial charge in [-0.2, -0.15) is 0 Å². The van der Waals surface area contributed by atoms with Gasteiger partial charge in [0.05, 0.1) is 23.2 Å². The van der Waals surface area contributed by atoms with Crippen molar-refractivity contribution in [3.05, 3.63) is 70.0 Å². The maximum absolute atomic E-state index is 13.6. The number of hydrogen-bond acceptors (Lipinski definition) is 4. The first-order valence-electron chi connectivity index (χ1n) is 10.4. The van der Waals surface area contributed by atoms with Gasteiger partial charge in [0.1, 0.15) is 17.3 Å². The van der Waals surface area contributed by atoms with Crippen LogP contribution in [0.1, 0.15) is 49.8 Å². The largest absolute Gasteiger partial charge is 0.507 e. The predicted octanol–water partition coefficient (Wildman–Crippen LogP) is 5.24. The number of halogens is 2. The number of nitrogens with zero attached hydrogens (tertiary/aromatic N) is 1. The standard InChI is InChI=1S/C24H23ClFNO4/c1-2-31-17-11-12-19(25)18(13-17)22(28)20-21(14-7-9-15(26)10-8-14)27(24(30)23(20)29)16-5-3-4-6-16/h7-13,16,21,28H,2-6H2,1H3/b22-20+. The van der Waals surface area contributed by atoms with Crippen LogP contribution >= 0.6 is 11.6 Å². The second kappa shape index (κ2) is 8.71. The van der Waals surface area contributed by atoms with Gasteiger partial charge in [-0.15, -0.1) is 0 Å². The summed E-state index contributed by atoms with van der Waals surface area (Å²) in [5.74, 6) is -1.72. The normalized spacial score (nSPS) is 21.1. The smallest absolute Gasteiger partial charge is 0.295 e. The molecule has 31 heavy (non-hydrogen) atoms. The lowest BCUT2D eigenvalue weighted by Crippen LogP contribution is -2.37. The third-order valence-corrected chi connectivity index (χ3v) is 6.22. The first-order chi connectivity index (χ1) is 14.9. The van der Waals surface area contributed by atoms with Gasteiger partial charge in [0.25, 0.3) is 11.7 Å². The molecule has 1 aliphatic heterocycles. The molecule has 2 fully saturated rings. The van der Waals surface area contributed by atoms with Gasteiger partial charge in [-0.1, -0.05) is 36.6 Å². The summed E-state index contributed by atoms with van der Waals surface area (Å²) in [5.41, 5.74) is 0.731. The molecule has 0 aromatic heterocycles. The molecule has 1 N–H and O–H groups in total. The molecular formula is C24H23ClFNO4. The summed E-state index contributed by atoms with van der Waals surface area (Å²) in [7, 11) is 0. The molecule has 0 radical (unpaired) electrons. The van der Waals surface area contributed by atoms with Gasteiger partial charge in [0, 0.05) is 11.6 Å². The summed E-state index contributed by atoms with van der Waals surface area (Å²) in [6.45, 7) is 2.25. The molecule has 1 saturated carbocycles. The highest BCUT2D eigenvalue weighted by Gasteiger charge is 2.49. The van der Waals surface area contributed by atoms with Gasteiger partial charge in [0.15, 0.2) is 0 Å². The Morgan fingerprint density at radius 3 is 2.48 bits per heavy atom. The number of aliphatic hydroxyl groups is 1. The van der Waals surface area contributed by atoms with Crippen LogP contribution in [0.3, 0.4) is 0 Å². The summed E-state index contributed by atoms with van der Waals surface area (Å²) >= 11 is 6.32. The molecular weight excluding hydrogens is 421 g/mol. The van der Waals surface area contributed by atoms with Crippen molar-refractivity contribution in [2.45, 2.75) is 44.7 Å². The molecule has 7 heteroatoms. The molecule has 162 valence electrons. The number of ketones is 1. The summed E-state index contributed by atoms with van der Waals surface area (Å²) in [6.07, 6.45) is 3.49. The Balaban J connectivity index is 1.89. The average molecular weight is 444 g/mol. The van der Waals surface area contributed by atoms with Crippen LogP contribution in [-0.2, 0) is 9.59 Å². The molecule has 5 nitrogen and oxygen atoms in total. The Morgan fingerprint density at radius 1 is 1.16 bits per heavy atom. The van der Waals surface area contributed by atoms with Gasteiger partial charge in [-0.05, 0) is 55.7 Å². The van der Waals surface area contributed by atoms with Crippen LogP contribution in [-0.4, -0.2) is 34.3 Å². The second-order valence-corrected chi connectivity index (χ2v) is 8.18. The van der Waals surface area contributed by atoms with E-state index in [1.165, 1.54) is 12.1 Å². The van der Waals surface area contributed by atoms with Crippen molar-refractivity contribution in [2.24, 2.45) is 0 Å². The van der Waals surface area contributed by atoms with Gasteiger partial charge in [-0.25, -0.2) is 4.39 Å². The first-order valence-corrected chi connectivity index (χ1v) is 10.8. The Labute approximate surface area is 185 Å². The van der Waals surface area contributed by atoms with E-state index in [0.29, 0.717) is 17.9 Å². The molecule has 2 aromatic rings. The Kier molecular flexibility index (Phi) is 6.01. The lowest BCUT2D eigenvalue weighted by molar-refractivity contribution is -0.141. The van der Waals surface area contributed by atoms with E-state index in [4.69, 9.17) is 16.3 Å². The predicted molar refractivity (Wildman–Crippen MR) is 115 cm³/mol. The van der Waals surface area contributed by atoms with E-state index >= 15 is 0 Å². The number of carbonyl (C=O) groups excluding carboxylic acids is 2. The van der Waals surface area contributed by atoms with E-state index < -0.39 is 23.5 Å². The number of rotatable bonds is 5. The molecule has 4 rings (SSSR count). The zero-order chi connectivity index (χ0) is 22.1. The molecule has 1 amide bonds. The minimum absolute atomic E-state index is 0.0425. The summed E-state index contributed by atoms with van der Waals surface area (Å²) in [5, 5.41) is 11.4. The third-order valence-electron chi connectivity index (χ3n) is 5.89. The van der Waals surface area contributed by atoms with E-state index in [1.54, 1.807) is 35.2 Å². The lowest BCUT2D eigenvalue weighted by Gasteiger charge is -2.30. The van der Waals surface area contributed by atoms with Crippen molar-refractivity contribution in [1.29, 1.82) is 0 Å². The SMILES string of the molecule is CCOc1ccc(Cl)c(/C(O)=C2\C(=O)C(=O)N(C3CCCC3)C2c2ccc(F)cc2)c1. The van der Waals surface area contributed by atoms with E-state index in [1.807, 2.05) is 6.92 Å². The number of amides is 1. The van der Waals surface area contributed by atoms with Gasteiger partial charge < -0.3 is 14.7 Å². The van der Waals surface area contributed by atoms with Crippen molar-refractivity contribution in [1.82, 2.24) is 4.90 Å². The number of hydrogen-bond donors (Lipinski definition) is 1. The molecule has 2 aliphatic rings. The first kappa shape index (κ1) is 21.4. The quantitative estimate of drug-likeness (QED) is 0.389. The molecule has 1 aliphatic carbocycles. The number of aliphatic hydroxyl groups excluding tert-OH is 1. The van der Waals surface area contributed by atoms with Crippen LogP contribution in [0.25, 0.3) is 5.76 Å². The maximum Gasteiger partial charge on any atom is 0.295 e. The van der Waals surface area contributed by atoms with Crippen molar-refractivity contribution < 1.29 is 23.8 Å². The maximum atomic E-state index is 13.6. The van der Waals surface area contributed by atoms with Crippen LogP contribution in [0.2, 0.25) is 5.02 Å². The molecule has 0 bridgehead atoms. The van der Waals surface area contributed by atoms with Crippen molar-refractivity contribution in [2.75, 3.05) is 6.61 Å². The van der Waals surface area contributed by atoms with Crippen LogP contribution in [0, 0.1) is 5.82 Å². The van der Waals surface area contributed by atoms with E-state index in [0.717, 1.165) is 25.7 Å². The summed E-state index contributed by atoms with van der Waals surface area (Å²) in [4.78, 5) is 27.7. The highest BCUT2D eigenvalue weighted by Crippen LogP contribution is 2.44. The van der Waals surface area contributed by atoms with Crippen molar-refractivity contribution >= 4 is 29.1 Å². The summed E-state index contributed by atoms with van der Waals surface area (Å²) in [6, 6.07) is 9.51. The topological polar surface area (TPSA) is 66.8 Å². The highest BCUT2D eigenvalue weighted by molar-refractivity contribution is 6.47. The molecule has 1 saturated heterocycles. The monoisotopic (exact) mass is 443 g/mol. The third kappa shape index (κ3) is 3.92. The number of Topliss-reactive ketones (excluding diaryl/α,β-unsaturated/α-hetero) is 1. The van der Waals surface area contributed by atoms with Crippen LogP contribution in [0.15, 0.2) is 48.0 Å². The number of ether oxygens (including phenoxy) is 1. The van der Waals surface area contributed by atoms with E-state index in [2.05, 4.69) is 0 Å². The minimum Gasteiger partial charge on any atom is -0.507 e. The van der Waals surface area contributed by atoms with E-state index in [-0.39, 0.29) is 28.0 Å². The Morgan fingerprint density at radius 2 is 1.84 bits per heavy atom. The Bertz CT molecular complexity index is 1040. The van der Waals surface area contributed by atoms with Gasteiger partial charge >= 0.3 is 0 Å². The number of likely N-dealkylation sites (tertiary alicyclic amines) is 1. The van der Waals surface area contributed by atoms with E-state index in [9.17, 15) is 19.1 Å². The molecule has 2 aromatic carbocycles.